The number of benzene rings is 1. The van der Waals surface area contributed by atoms with E-state index in [9.17, 15) is 9.59 Å². The highest BCUT2D eigenvalue weighted by atomic mass is 32.2. The van der Waals surface area contributed by atoms with Gasteiger partial charge in [-0.25, -0.2) is 9.59 Å². The molecule has 1 fully saturated rings. The monoisotopic (exact) mass is 375 g/mol. The number of methoxy groups -OCH3 is 1. The fraction of sp³-hybridized carbons (Fsp3) is 0.474. The lowest BCUT2D eigenvalue weighted by Gasteiger charge is -2.33. The number of thioether (sulfide) groups is 1. The molecule has 7 heteroatoms. The van der Waals surface area contributed by atoms with Crippen LogP contribution in [0.15, 0.2) is 29.5 Å². The number of rotatable bonds is 4. The number of urea groups is 1. The van der Waals surface area contributed by atoms with Crippen molar-refractivity contribution >= 4 is 23.8 Å². The van der Waals surface area contributed by atoms with Gasteiger partial charge in [-0.3, -0.25) is 4.90 Å². The molecule has 0 aliphatic carbocycles. The standard InChI is InChI=1S/C19H25N3O3S/c1-12-4-5-13(2)14(10-12)17-16(18(23)25-3)15(20-19(24)21-17)11-22-6-8-26-9-7-22/h4-5,10,17H,6-9,11H2,1-3H3,(H2,20,21,24)/t17-/m0/s1. The zero-order valence-corrected chi connectivity index (χ0v) is 16.2. The molecule has 1 saturated heterocycles. The van der Waals surface area contributed by atoms with Crippen LogP contribution in [0.3, 0.4) is 0 Å². The molecule has 3 rings (SSSR count). The van der Waals surface area contributed by atoms with Crippen LogP contribution in [-0.4, -0.2) is 55.2 Å². The molecular formula is C19H25N3O3S. The van der Waals surface area contributed by atoms with E-state index in [2.05, 4.69) is 15.5 Å². The minimum Gasteiger partial charge on any atom is -0.466 e. The second-order valence-corrected chi connectivity index (χ2v) is 7.89. The lowest BCUT2D eigenvalue weighted by atomic mass is 9.91. The van der Waals surface area contributed by atoms with E-state index < -0.39 is 12.0 Å². The van der Waals surface area contributed by atoms with Gasteiger partial charge in [0, 0.05) is 36.8 Å². The summed E-state index contributed by atoms with van der Waals surface area (Å²) in [7, 11) is 1.38. The number of carbonyl (C=O) groups is 2. The number of carbonyl (C=O) groups excluding carboxylic acids is 2. The maximum Gasteiger partial charge on any atom is 0.338 e. The molecule has 2 heterocycles. The predicted molar refractivity (Wildman–Crippen MR) is 103 cm³/mol. The van der Waals surface area contributed by atoms with E-state index >= 15 is 0 Å². The van der Waals surface area contributed by atoms with E-state index in [1.165, 1.54) is 7.11 Å². The van der Waals surface area contributed by atoms with Gasteiger partial charge in [0.05, 0.1) is 18.7 Å². The minimum absolute atomic E-state index is 0.287. The smallest absolute Gasteiger partial charge is 0.338 e. The Hall–Kier alpha value is -1.99. The fourth-order valence-electron chi connectivity index (χ4n) is 3.38. The Balaban J connectivity index is 2.03. The molecular weight excluding hydrogens is 350 g/mol. The molecule has 0 saturated carbocycles. The molecule has 2 N–H and O–H groups in total. The Morgan fingerprint density at radius 2 is 2.04 bits per heavy atom. The van der Waals surface area contributed by atoms with E-state index in [-0.39, 0.29) is 6.03 Å². The molecule has 0 aromatic heterocycles. The van der Waals surface area contributed by atoms with Gasteiger partial charge in [-0.1, -0.05) is 23.8 Å². The third-order valence-electron chi connectivity index (χ3n) is 4.79. The van der Waals surface area contributed by atoms with Gasteiger partial charge >= 0.3 is 12.0 Å². The van der Waals surface area contributed by atoms with Crippen LogP contribution in [0, 0.1) is 13.8 Å². The SMILES string of the molecule is COC(=O)C1=C(CN2CCSCC2)NC(=O)N[C@H]1c1cc(C)ccc1C. The molecule has 2 aliphatic rings. The van der Waals surface area contributed by atoms with Gasteiger partial charge in [0.15, 0.2) is 0 Å². The zero-order valence-electron chi connectivity index (χ0n) is 15.4. The van der Waals surface area contributed by atoms with Crippen LogP contribution in [0.4, 0.5) is 4.79 Å². The van der Waals surface area contributed by atoms with Crippen molar-refractivity contribution in [3.05, 3.63) is 46.2 Å². The van der Waals surface area contributed by atoms with Crippen molar-refractivity contribution < 1.29 is 14.3 Å². The molecule has 2 amide bonds. The lowest BCUT2D eigenvalue weighted by molar-refractivity contribution is -0.136. The summed E-state index contributed by atoms with van der Waals surface area (Å²) in [6.45, 7) is 6.42. The molecule has 140 valence electrons. The van der Waals surface area contributed by atoms with Crippen LogP contribution in [0.1, 0.15) is 22.7 Å². The van der Waals surface area contributed by atoms with E-state index in [0.29, 0.717) is 17.8 Å². The Kier molecular flexibility index (Phi) is 5.88. The van der Waals surface area contributed by atoms with E-state index in [1.807, 2.05) is 43.8 Å². The van der Waals surface area contributed by atoms with Crippen molar-refractivity contribution in [1.29, 1.82) is 0 Å². The largest absolute Gasteiger partial charge is 0.466 e. The maximum absolute atomic E-state index is 12.6. The number of amides is 2. The molecule has 2 aliphatic heterocycles. The van der Waals surface area contributed by atoms with Crippen molar-refractivity contribution in [2.24, 2.45) is 0 Å². The van der Waals surface area contributed by atoms with Gasteiger partial charge in [0.2, 0.25) is 0 Å². The van der Waals surface area contributed by atoms with Crippen molar-refractivity contribution in [3.8, 4) is 0 Å². The Labute approximate surface area is 158 Å². The molecule has 1 aromatic carbocycles. The molecule has 0 unspecified atom stereocenters. The van der Waals surface area contributed by atoms with Crippen LogP contribution in [0.25, 0.3) is 0 Å². The van der Waals surface area contributed by atoms with Gasteiger partial charge in [-0.05, 0) is 25.0 Å². The van der Waals surface area contributed by atoms with Crippen LogP contribution in [0.5, 0.6) is 0 Å². The van der Waals surface area contributed by atoms with Crippen molar-refractivity contribution in [3.63, 3.8) is 0 Å². The van der Waals surface area contributed by atoms with Crippen molar-refractivity contribution in [2.75, 3.05) is 38.2 Å². The topological polar surface area (TPSA) is 70.7 Å². The van der Waals surface area contributed by atoms with Crippen LogP contribution in [0.2, 0.25) is 0 Å². The second kappa shape index (κ2) is 8.14. The molecule has 0 radical (unpaired) electrons. The quantitative estimate of drug-likeness (QED) is 0.789. The van der Waals surface area contributed by atoms with Gasteiger partial charge in [0.1, 0.15) is 0 Å². The van der Waals surface area contributed by atoms with Crippen LogP contribution in [-0.2, 0) is 9.53 Å². The maximum atomic E-state index is 12.6. The first-order chi connectivity index (χ1) is 12.5. The first-order valence-corrected chi connectivity index (χ1v) is 9.91. The number of esters is 1. The summed E-state index contributed by atoms with van der Waals surface area (Å²) in [6, 6.07) is 5.25. The predicted octanol–water partition coefficient (Wildman–Crippen LogP) is 2.13. The van der Waals surface area contributed by atoms with E-state index in [0.717, 1.165) is 41.3 Å². The first kappa shape index (κ1) is 18.8. The summed E-state index contributed by atoms with van der Waals surface area (Å²) in [5, 5.41) is 5.74. The Morgan fingerprint density at radius 3 is 2.73 bits per heavy atom. The normalized spacial score (nSPS) is 21.2. The van der Waals surface area contributed by atoms with Gasteiger partial charge < -0.3 is 15.4 Å². The first-order valence-electron chi connectivity index (χ1n) is 8.75. The molecule has 6 nitrogen and oxygen atoms in total. The van der Waals surface area contributed by atoms with Gasteiger partial charge in [-0.15, -0.1) is 0 Å². The van der Waals surface area contributed by atoms with Crippen molar-refractivity contribution in [2.45, 2.75) is 19.9 Å². The fourth-order valence-corrected chi connectivity index (χ4v) is 4.36. The minimum atomic E-state index is -0.509. The number of aryl methyl sites for hydroxylation is 2. The molecule has 0 spiro atoms. The van der Waals surface area contributed by atoms with E-state index in [1.54, 1.807) is 0 Å². The molecule has 26 heavy (non-hydrogen) atoms. The summed E-state index contributed by atoms with van der Waals surface area (Å²) in [4.78, 5) is 27.2. The zero-order chi connectivity index (χ0) is 18.7. The lowest BCUT2D eigenvalue weighted by Crippen LogP contribution is -2.49. The number of nitrogens with one attached hydrogen (secondary N) is 2. The van der Waals surface area contributed by atoms with Crippen LogP contribution < -0.4 is 10.6 Å². The molecule has 0 bridgehead atoms. The number of hydrogen-bond acceptors (Lipinski definition) is 5. The highest BCUT2D eigenvalue weighted by molar-refractivity contribution is 7.99. The Morgan fingerprint density at radius 1 is 1.31 bits per heavy atom. The summed E-state index contributed by atoms with van der Waals surface area (Å²) in [6.07, 6.45) is 0. The summed E-state index contributed by atoms with van der Waals surface area (Å²) >= 11 is 1.92. The van der Waals surface area contributed by atoms with Crippen molar-refractivity contribution in [1.82, 2.24) is 15.5 Å². The third kappa shape index (κ3) is 4.04. The summed E-state index contributed by atoms with van der Waals surface area (Å²) in [5.41, 5.74) is 4.15. The van der Waals surface area contributed by atoms with E-state index in [4.69, 9.17) is 4.74 Å². The summed E-state index contributed by atoms with van der Waals surface area (Å²) in [5.74, 6) is 1.71. The van der Waals surface area contributed by atoms with Gasteiger partial charge in [-0.2, -0.15) is 11.8 Å². The molecule has 1 atom stereocenters. The third-order valence-corrected chi connectivity index (χ3v) is 5.73. The number of hydrogen-bond donors (Lipinski definition) is 2. The number of nitrogens with zero attached hydrogens (tertiary/aromatic N) is 1. The van der Waals surface area contributed by atoms with Crippen LogP contribution >= 0.6 is 11.8 Å². The van der Waals surface area contributed by atoms with Gasteiger partial charge in [0.25, 0.3) is 0 Å². The molecule has 1 aromatic rings. The highest BCUT2D eigenvalue weighted by Crippen LogP contribution is 2.31. The second-order valence-electron chi connectivity index (χ2n) is 6.66. The average Bonchev–Trinajstić information content (AvgIpc) is 2.63. The summed E-state index contributed by atoms with van der Waals surface area (Å²) < 4.78 is 5.06. The Bertz CT molecular complexity index is 742. The highest BCUT2D eigenvalue weighted by Gasteiger charge is 2.34. The number of ether oxygens (including phenoxy) is 1. The average molecular weight is 375 g/mol.